The van der Waals surface area contributed by atoms with Crippen LogP contribution in [0.3, 0.4) is 0 Å². The minimum atomic E-state index is -0.138. The molecular formula is C20H26N4O. The predicted octanol–water partition coefficient (Wildman–Crippen LogP) is 2.89. The van der Waals surface area contributed by atoms with Gasteiger partial charge in [0.15, 0.2) is 0 Å². The highest BCUT2D eigenvalue weighted by Gasteiger charge is 2.20. The molecule has 1 aromatic heterocycles. The number of benzene rings is 1. The highest BCUT2D eigenvalue weighted by molar-refractivity contribution is 5.74. The van der Waals surface area contributed by atoms with Crippen molar-refractivity contribution in [3.05, 3.63) is 65.5 Å². The Morgan fingerprint density at radius 2 is 2.00 bits per heavy atom. The highest BCUT2D eigenvalue weighted by Crippen LogP contribution is 2.20. The van der Waals surface area contributed by atoms with Crippen LogP contribution in [0.15, 0.2) is 48.8 Å². The lowest BCUT2D eigenvalue weighted by Gasteiger charge is -2.33. The second-order valence-electron chi connectivity index (χ2n) is 6.70. The molecule has 1 aromatic carbocycles. The van der Waals surface area contributed by atoms with Crippen molar-refractivity contribution < 1.29 is 4.79 Å². The Hall–Kier alpha value is -2.40. The number of pyridine rings is 1. The third kappa shape index (κ3) is 4.57. The van der Waals surface area contributed by atoms with Gasteiger partial charge in [-0.2, -0.15) is 0 Å². The van der Waals surface area contributed by atoms with Crippen LogP contribution < -0.4 is 10.6 Å². The van der Waals surface area contributed by atoms with Gasteiger partial charge in [-0.25, -0.2) is 4.79 Å². The number of hydrogen-bond acceptors (Lipinski definition) is 3. The molecule has 3 rings (SSSR count). The molecule has 0 fully saturated rings. The minimum absolute atomic E-state index is 0.0640. The zero-order valence-corrected chi connectivity index (χ0v) is 14.9. The molecule has 5 heteroatoms. The van der Waals surface area contributed by atoms with Crippen LogP contribution >= 0.6 is 0 Å². The van der Waals surface area contributed by atoms with Gasteiger partial charge in [0, 0.05) is 38.1 Å². The normalized spacial score (nSPS) is 16.6. The fraction of sp³-hybridized carbons (Fsp3) is 0.400. The summed E-state index contributed by atoms with van der Waals surface area (Å²) in [6.07, 6.45) is 4.58. The maximum atomic E-state index is 12.2. The Balaban J connectivity index is 1.46. The van der Waals surface area contributed by atoms with E-state index in [4.69, 9.17) is 0 Å². The van der Waals surface area contributed by atoms with Gasteiger partial charge in [0.05, 0.1) is 6.04 Å². The molecule has 0 spiro atoms. The lowest BCUT2D eigenvalue weighted by atomic mass is 9.99. The molecule has 132 valence electrons. The number of urea groups is 1. The van der Waals surface area contributed by atoms with Gasteiger partial charge >= 0.3 is 6.03 Å². The van der Waals surface area contributed by atoms with Crippen molar-refractivity contribution in [1.29, 1.82) is 0 Å². The quantitative estimate of drug-likeness (QED) is 0.881. The average Bonchev–Trinajstić information content (AvgIpc) is 2.66. The Kier molecular flexibility index (Phi) is 5.66. The van der Waals surface area contributed by atoms with Crippen LogP contribution in [-0.4, -0.2) is 35.0 Å². The van der Waals surface area contributed by atoms with Crippen LogP contribution in [0.2, 0.25) is 0 Å². The molecule has 0 bridgehead atoms. The summed E-state index contributed by atoms with van der Waals surface area (Å²) in [4.78, 5) is 18.7. The smallest absolute Gasteiger partial charge is 0.315 e. The number of amides is 2. The third-order valence-corrected chi connectivity index (χ3v) is 4.87. The number of fused-ring (bicyclic) bond motifs is 1. The summed E-state index contributed by atoms with van der Waals surface area (Å²) in [5.74, 6) is 0. The molecule has 0 radical (unpaired) electrons. The number of carbonyl (C=O) groups is 1. The first-order valence-electron chi connectivity index (χ1n) is 8.88. The number of hydrogen-bond donors (Lipinski definition) is 2. The Bertz CT molecular complexity index is 704. The molecule has 25 heavy (non-hydrogen) atoms. The van der Waals surface area contributed by atoms with Crippen LogP contribution in [0.5, 0.6) is 0 Å². The monoisotopic (exact) mass is 338 g/mol. The van der Waals surface area contributed by atoms with E-state index in [0.717, 1.165) is 25.1 Å². The van der Waals surface area contributed by atoms with E-state index in [1.54, 1.807) is 12.4 Å². The van der Waals surface area contributed by atoms with Crippen LogP contribution in [0.4, 0.5) is 4.79 Å². The molecule has 0 saturated heterocycles. The summed E-state index contributed by atoms with van der Waals surface area (Å²) < 4.78 is 0. The molecule has 2 atom stereocenters. The molecule has 2 heterocycles. The van der Waals surface area contributed by atoms with Crippen molar-refractivity contribution in [3.8, 4) is 0 Å². The number of nitrogens with one attached hydrogen (secondary N) is 2. The summed E-state index contributed by atoms with van der Waals surface area (Å²) in [5, 5.41) is 5.95. The van der Waals surface area contributed by atoms with Gasteiger partial charge in [-0.05, 0) is 43.0 Å². The molecule has 2 aromatic rings. The summed E-state index contributed by atoms with van der Waals surface area (Å²) in [6.45, 7) is 6.74. The van der Waals surface area contributed by atoms with Gasteiger partial charge < -0.3 is 10.6 Å². The van der Waals surface area contributed by atoms with E-state index < -0.39 is 0 Å². The van der Waals surface area contributed by atoms with Crippen molar-refractivity contribution >= 4 is 6.03 Å². The lowest BCUT2D eigenvalue weighted by molar-refractivity contribution is 0.184. The molecule has 2 N–H and O–H groups in total. The van der Waals surface area contributed by atoms with E-state index >= 15 is 0 Å². The number of nitrogens with zero attached hydrogens (tertiary/aromatic N) is 2. The summed E-state index contributed by atoms with van der Waals surface area (Å²) in [7, 11) is 0. The maximum absolute atomic E-state index is 12.2. The van der Waals surface area contributed by atoms with Gasteiger partial charge in [-0.3, -0.25) is 9.88 Å². The van der Waals surface area contributed by atoms with Gasteiger partial charge in [-0.1, -0.05) is 30.3 Å². The average molecular weight is 338 g/mol. The Morgan fingerprint density at radius 3 is 2.76 bits per heavy atom. The second-order valence-corrected chi connectivity index (χ2v) is 6.70. The zero-order chi connectivity index (χ0) is 17.6. The standard InChI is InChI=1S/C20H26N4O/c1-15(24-11-9-17-6-3-4-7-19(17)14-24)12-22-20(25)23-16(2)18-8-5-10-21-13-18/h3-8,10,13,15-16H,9,11-12,14H2,1-2H3,(H2,22,23,25). The third-order valence-electron chi connectivity index (χ3n) is 4.87. The van der Waals surface area contributed by atoms with E-state index in [2.05, 4.69) is 51.7 Å². The maximum Gasteiger partial charge on any atom is 0.315 e. The van der Waals surface area contributed by atoms with E-state index in [9.17, 15) is 4.79 Å². The van der Waals surface area contributed by atoms with Gasteiger partial charge in [0.2, 0.25) is 0 Å². The van der Waals surface area contributed by atoms with Gasteiger partial charge in [0.1, 0.15) is 0 Å². The fourth-order valence-electron chi connectivity index (χ4n) is 3.23. The van der Waals surface area contributed by atoms with E-state index in [1.165, 1.54) is 11.1 Å². The molecule has 2 amide bonds. The Morgan fingerprint density at radius 1 is 1.20 bits per heavy atom. The van der Waals surface area contributed by atoms with Crippen LogP contribution in [0, 0.1) is 0 Å². The number of carbonyl (C=O) groups excluding carboxylic acids is 1. The summed E-state index contributed by atoms with van der Waals surface area (Å²) in [6, 6.07) is 12.5. The van der Waals surface area contributed by atoms with Crippen molar-refractivity contribution in [2.24, 2.45) is 0 Å². The van der Waals surface area contributed by atoms with Crippen molar-refractivity contribution in [3.63, 3.8) is 0 Å². The predicted molar refractivity (Wildman–Crippen MR) is 99.2 cm³/mol. The zero-order valence-electron chi connectivity index (χ0n) is 14.9. The summed E-state index contributed by atoms with van der Waals surface area (Å²) in [5.41, 5.74) is 3.84. The summed E-state index contributed by atoms with van der Waals surface area (Å²) >= 11 is 0. The number of aromatic nitrogens is 1. The van der Waals surface area contributed by atoms with Crippen molar-refractivity contribution in [2.45, 2.75) is 38.9 Å². The molecule has 0 aliphatic carbocycles. The van der Waals surface area contributed by atoms with Crippen molar-refractivity contribution in [2.75, 3.05) is 13.1 Å². The van der Waals surface area contributed by atoms with Gasteiger partial charge in [-0.15, -0.1) is 0 Å². The highest BCUT2D eigenvalue weighted by atomic mass is 16.2. The molecule has 2 unspecified atom stereocenters. The second kappa shape index (κ2) is 8.12. The Labute approximate surface area is 149 Å². The minimum Gasteiger partial charge on any atom is -0.337 e. The number of rotatable bonds is 5. The lowest BCUT2D eigenvalue weighted by Crippen LogP contribution is -2.47. The molecule has 5 nitrogen and oxygen atoms in total. The van der Waals surface area contributed by atoms with Crippen LogP contribution in [0.25, 0.3) is 0 Å². The molecular weight excluding hydrogens is 312 g/mol. The van der Waals surface area contributed by atoms with Crippen LogP contribution in [-0.2, 0) is 13.0 Å². The topological polar surface area (TPSA) is 57.3 Å². The molecule has 0 saturated carbocycles. The first kappa shape index (κ1) is 17.4. The first-order chi connectivity index (χ1) is 12.1. The molecule has 1 aliphatic heterocycles. The largest absolute Gasteiger partial charge is 0.337 e. The molecule has 1 aliphatic rings. The SMILES string of the molecule is CC(NC(=O)NCC(C)N1CCc2ccccc2C1)c1cccnc1. The fourth-order valence-corrected chi connectivity index (χ4v) is 3.23. The van der Waals surface area contributed by atoms with E-state index in [-0.39, 0.29) is 12.1 Å². The first-order valence-corrected chi connectivity index (χ1v) is 8.88. The van der Waals surface area contributed by atoms with Crippen molar-refractivity contribution in [1.82, 2.24) is 20.5 Å². The van der Waals surface area contributed by atoms with Gasteiger partial charge in [0.25, 0.3) is 0 Å². The van der Waals surface area contributed by atoms with E-state index in [1.807, 2.05) is 19.1 Å². The van der Waals surface area contributed by atoms with E-state index in [0.29, 0.717) is 12.6 Å². The van der Waals surface area contributed by atoms with Crippen LogP contribution in [0.1, 0.15) is 36.6 Å².